The minimum absolute atomic E-state index is 0.0786. The zero-order chi connectivity index (χ0) is 19.4. The van der Waals surface area contributed by atoms with E-state index in [1.165, 1.54) is 12.7 Å². The first-order valence-electron chi connectivity index (χ1n) is 9.93. The number of benzene rings is 1. The molecule has 0 saturated heterocycles. The van der Waals surface area contributed by atoms with Gasteiger partial charge in [0.05, 0.1) is 18.9 Å². The molecule has 2 fully saturated rings. The number of fused-ring (bicyclic) bond motifs is 5. The van der Waals surface area contributed by atoms with Crippen LogP contribution in [-0.4, -0.2) is 31.3 Å². The van der Waals surface area contributed by atoms with Crippen LogP contribution in [0.4, 0.5) is 5.69 Å². The molecule has 1 aromatic carbocycles. The van der Waals surface area contributed by atoms with Crippen LogP contribution in [0.2, 0.25) is 0 Å². The number of rotatable bonds is 4. The molecule has 0 aliphatic heterocycles. The van der Waals surface area contributed by atoms with Crippen molar-refractivity contribution in [2.45, 2.75) is 63.9 Å². The summed E-state index contributed by atoms with van der Waals surface area (Å²) in [6.45, 7) is 2.22. The lowest BCUT2D eigenvalue weighted by Gasteiger charge is -2.51. The lowest BCUT2D eigenvalue weighted by atomic mass is 9.54. The third-order valence-electron chi connectivity index (χ3n) is 7.61. The van der Waals surface area contributed by atoms with Crippen LogP contribution in [0, 0.1) is 17.3 Å². The second-order valence-corrected chi connectivity index (χ2v) is 9.62. The van der Waals surface area contributed by atoms with Gasteiger partial charge < -0.3 is 9.84 Å². The van der Waals surface area contributed by atoms with Crippen LogP contribution in [0.25, 0.3) is 0 Å². The molecule has 7 heteroatoms. The Labute approximate surface area is 161 Å². The van der Waals surface area contributed by atoms with Gasteiger partial charge in [-0.2, -0.15) is 8.42 Å². The Morgan fingerprint density at radius 1 is 1.26 bits per heavy atom. The highest BCUT2D eigenvalue weighted by molar-refractivity contribution is 7.87. The average molecular weight is 396 g/mol. The van der Waals surface area contributed by atoms with E-state index in [0.717, 1.165) is 50.5 Å². The molecule has 2 saturated carbocycles. The second kappa shape index (κ2) is 6.64. The number of hydrogen-bond donors (Lipinski definition) is 3. The summed E-state index contributed by atoms with van der Waals surface area (Å²) in [4.78, 5) is 0. The molecule has 4 rings (SSSR count). The molecule has 0 heterocycles. The Morgan fingerprint density at radius 2 is 2.04 bits per heavy atom. The van der Waals surface area contributed by atoms with Gasteiger partial charge in [0.15, 0.2) is 0 Å². The fraction of sp³-hybridized carbons (Fsp3) is 0.700. The van der Waals surface area contributed by atoms with Gasteiger partial charge in [0.2, 0.25) is 0 Å². The number of methoxy groups -OCH3 is 1. The molecule has 0 bridgehead atoms. The molecule has 150 valence electrons. The first-order chi connectivity index (χ1) is 12.8. The highest BCUT2D eigenvalue weighted by Gasteiger charge is 2.56. The molecule has 5 atom stereocenters. The molecule has 27 heavy (non-hydrogen) atoms. The number of nitrogens with one attached hydrogen (secondary N) is 1. The van der Waals surface area contributed by atoms with Gasteiger partial charge in [0, 0.05) is 0 Å². The number of aliphatic hydroxyl groups excluding tert-OH is 1. The van der Waals surface area contributed by atoms with E-state index in [4.69, 9.17) is 9.29 Å². The van der Waals surface area contributed by atoms with E-state index in [2.05, 4.69) is 11.6 Å². The van der Waals surface area contributed by atoms with Crippen molar-refractivity contribution in [2.24, 2.45) is 17.3 Å². The lowest BCUT2D eigenvalue weighted by molar-refractivity contribution is -0.0394. The van der Waals surface area contributed by atoms with Crippen molar-refractivity contribution >= 4 is 16.0 Å². The summed E-state index contributed by atoms with van der Waals surface area (Å²) >= 11 is 0. The Hall–Kier alpha value is -1.31. The molecule has 6 nitrogen and oxygen atoms in total. The largest absolute Gasteiger partial charge is 0.495 e. The quantitative estimate of drug-likeness (QED) is 0.678. The Kier molecular flexibility index (Phi) is 4.68. The molecule has 0 spiro atoms. The third kappa shape index (κ3) is 3.04. The van der Waals surface area contributed by atoms with E-state index in [1.54, 1.807) is 0 Å². The van der Waals surface area contributed by atoms with Crippen molar-refractivity contribution in [3.05, 3.63) is 23.3 Å². The van der Waals surface area contributed by atoms with Crippen LogP contribution in [0.5, 0.6) is 5.75 Å². The maximum Gasteiger partial charge on any atom is 0.357 e. The molecule has 0 aromatic heterocycles. The number of hydrogen-bond acceptors (Lipinski definition) is 4. The van der Waals surface area contributed by atoms with E-state index in [0.29, 0.717) is 23.5 Å². The van der Waals surface area contributed by atoms with Gasteiger partial charge in [-0.1, -0.05) is 6.92 Å². The Balaban J connectivity index is 1.70. The van der Waals surface area contributed by atoms with Crippen molar-refractivity contribution in [1.82, 2.24) is 0 Å². The fourth-order valence-corrected chi connectivity index (χ4v) is 6.88. The molecule has 3 N–H and O–H groups in total. The zero-order valence-electron chi connectivity index (χ0n) is 15.9. The van der Waals surface area contributed by atoms with Gasteiger partial charge >= 0.3 is 10.3 Å². The number of anilines is 1. The van der Waals surface area contributed by atoms with Gasteiger partial charge in [-0.25, -0.2) is 0 Å². The molecule has 0 amide bonds. The Bertz CT molecular complexity index is 839. The van der Waals surface area contributed by atoms with Crippen molar-refractivity contribution in [3.8, 4) is 5.75 Å². The summed E-state index contributed by atoms with van der Waals surface area (Å²) in [6.07, 6.45) is 6.92. The van der Waals surface area contributed by atoms with Gasteiger partial charge in [-0.05, 0) is 91.4 Å². The van der Waals surface area contributed by atoms with E-state index in [1.807, 2.05) is 12.1 Å². The predicted molar refractivity (Wildman–Crippen MR) is 103 cm³/mol. The molecule has 1 aromatic rings. The van der Waals surface area contributed by atoms with Gasteiger partial charge in [-0.3, -0.25) is 9.27 Å². The number of ether oxygens (including phenoxy) is 1. The minimum Gasteiger partial charge on any atom is -0.495 e. The van der Waals surface area contributed by atoms with Crippen LogP contribution in [-0.2, 0) is 16.7 Å². The predicted octanol–water partition coefficient (Wildman–Crippen LogP) is 3.52. The zero-order valence-corrected chi connectivity index (χ0v) is 16.8. The Morgan fingerprint density at radius 3 is 2.70 bits per heavy atom. The van der Waals surface area contributed by atoms with E-state index in [-0.39, 0.29) is 17.2 Å². The highest BCUT2D eigenvalue weighted by atomic mass is 32.2. The molecule has 3 aliphatic rings. The first-order valence-corrected chi connectivity index (χ1v) is 11.4. The summed E-state index contributed by atoms with van der Waals surface area (Å²) < 4.78 is 39.2. The standard InChI is InChI=1S/C20H29NO5S/c1-3-20-9-8-13-14(16(20)6-7-19(20)22)5-4-12-10-17(21-27(23,24)25)18(26-2)11-15(12)13/h10-11,13-14,16,19,21-22H,3-9H2,1-2H3,(H,23,24,25)/t13-,14+,16-,19+,20-/m0/s1. The fourth-order valence-electron chi connectivity index (χ4n) is 6.45. The summed E-state index contributed by atoms with van der Waals surface area (Å²) in [5, 5.41) is 10.7. The van der Waals surface area contributed by atoms with Crippen molar-refractivity contribution < 1.29 is 22.8 Å². The third-order valence-corrected chi connectivity index (χ3v) is 8.09. The topological polar surface area (TPSA) is 95.9 Å². The van der Waals surface area contributed by atoms with Gasteiger partial charge in [-0.15, -0.1) is 0 Å². The summed E-state index contributed by atoms with van der Waals surface area (Å²) in [5.74, 6) is 1.99. The summed E-state index contributed by atoms with van der Waals surface area (Å²) in [5.41, 5.74) is 2.74. The first kappa shape index (κ1) is 19.0. The van der Waals surface area contributed by atoms with E-state index >= 15 is 0 Å². The SMILES string of the molecule is CC[C@]12CC[C@@H]3c4cc(OC)c(NS(=O)(=O)O)cc4CC[C@H]3[C@@H]1CC[C@H]2O. The van der Waals surface area contributed by atoms with Crippen molar-refractivity contribution in [1.29, 1.82) is 0 Å². The lowest BCUT2D eigenvalue weighted by Crippen LogP contribution is -2.45. The number of aliphatic hydroxyl groups is 1. The average Bonchev–Trinajstić information content (AvgIpc) is 2.96. The van der Waals surface area contributed by atoms with Crippen LogP contribution >= 0.6 is 0 Å². The molecular formula is C20H29NO5S. The molecule has 0 unspecified atom stereocenters. The van der Waals surface area contributed by atoms with Gasteiger partial charge in [0.1, 0.15) is 5.75 Å². The highest BCUT2D eigenvalue weighted by Crippen LogP contribution is 2.62. The summed E-state index contributed by atoms with van der Waals surface area (Å²) in [6, 6.07) is 3.76. The summed E-state index contributed by atoms with van der Waals surface area (Å²) in [7, 11) is -2.84. The van der Waals surface area contributed by atoms with Crippen molar-refractivity contribution in [3.63, 3.8) is 0 Å². The van der Waals surface area contributed by atoms with Gasteiger partial charge in [0.25, 0.3) is 0 Å². The molecule has 0 radical (unpaired) electrons. The minimum atomic E-state index is -4.35. The van der Waals surface area contributed by atoms with Crippen LogP contribution < -0.4 is 9.46 Å². The maximum absolute atomic E-state index is 11.3. The molecule has 3 aliphatic carbocycles. The van der Waals surface area contributed by atoms with E-state index < -0.39 is 10.3 Å². The maximum atomic E-state index is 11.3. The number of aryl methyl sites for hydroxylation is 1. The van der Waals surface area contributed by atoms with Crippen molar-refractivity contribution in [2.75, 3.05) is 11.8 Å². The normalized spacial score (nSPS) is 35.1. The molecular weight excluding hydrogens is 366 g/mol. The van der Waals surface area contributed by atoms with Crippen LogP contribution in [0.3, 0.4) is 0 Å². The van der Waals surface area contributed by atoms with Crippen LogP contribution in [0.1, 0.15) is 62.5 Å². The second-order valence-electron chi connectivity index (χ2n) is 8.46. The smallest absolute Gasteiger partial charge is 0.357 e. The van der Waals surface area contributed by atoms with Crippen LogP contribution in [0.15, 0.2) is 12.1 Å². The van der Waals surface area contributed by atoms with E-state index in [9.17, 15) is 13.5 Å². The monoisotopic (exact) mass is 395 g/mol.